The molecule has 15 heavy (non-hydrogen) atoms. The smallest absolute Gasteiger partial charge is 0.295 e. The van der Waals surface area contributed by atoms with Gasteiger partial charge in [-0.1, -0.05) is 0 Å². The molecule has 1 aromatic rings. The van der Waals surface area contributed by atoms with E-state index in [-0.39, 0.29) is 18.0 Å². The highest BCUT2D eigenvalue weighted by Gasteiger charge is 2.13. The zero-order chi connectivity index (χ0) is 11.3. The summed E-state index contributed by atoms with van der Waals surface area (Å²) in [5.74, 6) is -0.644. The lowest BCUT2D eigenvalue weighted by molar-refractivity contribution is -0.384. The van der Waals surface area contributed by atoms with Crippen LogP contribution in [-0.2, 0) is 0 Å². The van der Waals surface area contributed by atoms with Crippen LogP contribution in [0.4, 0.5) is 15.8 Å². The summed E-state index contributed by atoms with van der Waals surface area (Å²) in [4.78, 5) is 9.91. The lowest BCUT2D eigenvalue weighted by Gasteiger charge is -2.05. The van der Waals surface area contributed by atoms with Crippen LogP contribution in [0.15, 0.2) is 18.2 Å². The first-order valence-corrected chi connectivity index (χ1v) is 4.44. The molecule has 2 N–H and O–H groups in total. The number of nitro groups is 1. The third-order valence-corrected chi connectivity index (χ3v) is 1.81. The third-order valence-electron chi connectivity index (χ3n) is 1.81. The number of hydrogen-bond donors (Lipinski definition) is 2. The van der Waals surface area contributed by atoms with Gasteiger partial charge >= 0.3 is 0 Å². The Kier molecular flexibility index (Phi) is 3.99. The van der Waals surface area contributed by atoms with Crippen molar-refractivity contribution in [3.8, 4) is 0 Å². The molecule has 0 atom stereocenters. The molecule has 6 heteroatoms. The van der Waals surface area contributed by atoms with Gasteiger partial charge in [-0.15, -0.1) is 0 Å². The van der Waals surface area contributed by atoms with E-state index < -0.39 is 10.7 Å². The largest absolute Gasteiger partial charge is 0.396 e. The second-order valence-electron chi connectivity index (χ2n) is 2.92. The van der Waals surface area contributed by atoms with Crippen molar-refractivity contribution in [1.29, 1.82) is 0 Å². The summed E-state index contributed by atoms with van der Waals surface area (Å²) in [5.41, 5.74) is -0.0391. The van der Waals surface area contributed by atoms with E-state index in [4.69, 9.17) is 5.11 Å². The van der Waals surface area contributed by atoms with Crippen molar-refractivity contribution < 1.29 is 14.4 Å². The maximum absolute atomic E-state index is 12.7. The highest BCUT2D eigenvalue weighted by atomic mass is 19.1. The van der Waals surface area contributed by atoms with Crippen LogP contribution in [0.1, 0.15) is 6.42 Å². The van der Waals surface area contributed by atoms with Gasteiger partial charge in [0.05, 0.1) is 11.0 Å². The van der Waals surface area contributed by atoms with E-state index in [2.05, 4.69) is 5.32 Å². The monoisotopic (exact) mass is 214 g/mol. The van der Waals surface area contributed by atoms with Crippen LogP contribution < -0.4 is 5.32 Å². The Labute approximate surface area is 85.7 Å². The van der Waals surface area contributed by atoms with Crippen LogP contribution in [0.2, 0.25) is 0 Å². The molecule has 1 rings (SSSR count). The number of nitrogens with zero attached hydrogens (tertiary/aromatic N) is 1. The fraction of sp³-hybridized carbons (Fsp3) is 0.333. The number of benzene rings is 1. The molecule has 0 bridgehead atoms. The predicted molar refractivity (Wildman–Crippen MR) is 53.2 cm³/mol. The molecule has 0 aliphatic rings. The Morgan fingerprint density at radius 1 is 1.53 bits per heavy atom. The summed E-state index contributed by atoms with van der Waals surface area (Å²) in [6.07, 6.45) is 0.481. The molecule has 1 aromatic carbocycles. The number of rotatable bonds is 5. The van der Waals surface area contributed by atoms with Gasteiger partial charge in [0.1, 0.15) is 11.5 Å². The van der Waals surface area contributed by atoms with Crippen molar-refractivity contribution in [3.63, 3.8) is 0 Å². The molecule has 0 amide bonds. The van der Waals surface area contributed by atoms with Gasteiger partial charge in [0.15, 0.2) is 0 Å². The minimum absolute atomic E-state index is 0.00198. The number of nitro benzene ring substituents is 1. The fourth-order valence-corrected chi connectivity index (χ4v) is 1.11. The van der Waals surface area contributed by atoms with Crippen molar-refractivity contribution >= 4 is 11.4 Å². The highest BCUT2D eigenvalue weighted by Crippen LogP contribution is 2.24. The van der Waals surface area contributed by atoms with Crippen molar-refractivity contribution in [2.45, 2.75) is 6.42 Å². The quantitative estimate of drug-likeness (QED) is 0.442. The molecule has 5 nitrogen and oxygen atoms in total. The van der Waals surface area contributed by atoms with Crippen molar-refractivity contribution in [3.05, 3.63) is 34.1 Å². The van der Waals surface area contributed by atoms with E-state index in [1.165, 1.54) is 6.07 Å². The fourth-order valence-electron chi connectivity index (χ4n) is 1.11. The molecule has 0 aliphatic heterocycles. The average molecular weight is 214 g/mol. The molecule has 82 valence electrons. The first-order valence-electron chi connectivity index (χ1n) is 4.44. The Morgan fingerprint density at radius 2 is 2.27 bits per heavy atom. The van der Waals surface area contributed by atoms with Crippen molar-refractivity contribution in [2.24, 2.45) is 0 Å². The van der Waals surface area contributed by atoms with E-state index in [0.29, 0.717) is 13.0 Å². The average Bonchev–Trinajstić information content (AvgIpc) is 2.20. The van der Waals surface area contributed by atoms with E-state index in [1.54, 1.807) is 0 Å². The minimum Gasteiger partial charge on any atom is -0.396 e. The Morgan fingerprint density at radius 3 is 2.87 bits per heavy atom. The zero-order valence-electron chi connectivity index (χ0n) is 7.94. The molecular formula is C9H11FN2O3. The molecule has 0 aliphatic carbocycles. The van der Waals surface area contributed by atoms with Crippen LogP contribution in [0.25, 0.3) is 0 Å². The maximum Gasteiger partial charge on any atom is 0.295 e. The number of nitrogens with one attached hydrogen (secondary N) is 1. The number of anilines is 1. The molecule has 0 spiro atoms. The van der Waals surface area contributed by atoms with E-state index in [1.807, 2.05) is 0 Å². The molecule has 0 radical (unpaired) electrons. The summed E-state index contributed by atoms with van der Waals surface area (Å²) in [5, 5.41) is 21.8. The number of hydrogen-bond acceptors (Lipinski definition) is 4. The molecular weight excluding hydrogens is 203 g/mol. The maximum atomic E-state index is 12.7. The van der Waals surface area contributed by atoms with Crippen LogP contribution in [-0.4, -0.2) is 23.2 Å². The van der Waals surface area contributed by atoms with E-state index in [9.17, 15) is 14.5 Å². The number of aliphatic hydroxyl groups excluding tert-OH is 1. The molecule has 0 fully saturated rings. The van der Waals surface area contributed by atoms with Gasteiger partial charge in [-0.05, 0) is 18.6 Å². The van der Waals surface area contributed by atoms with Gasteiger partial charge in [-0.25, -0.2) is 4.39 Å². The predicted octanol–water partition coefficient (Wildman–Crippen LogP) is 1.53. The Bertz CT molecular complexity index is 357. The SMILES string of the molecule is O=[N+]([O-])c1cc(F)ccc1NCCCO. The minimum atomic E-state index is -0.648. The summed E-state index contributed by atoms with van der Waals surface area (Å²) < 4.78 is 12.7. The van der Waals surface area contributed by atoms with Crippen LogP contribution in [0, 0.1) is 15.9 Å². The van der Waals surface area contributed by atoms with Crippen LogP contribution in [0.3, 0.4) is 0 Å². The lowest BCUT2D eigenvalue weighted by atomic mass is 10.2. The van der Waals surface area contributed by atoms with Gasteiger partial charge in [-0.2, -0.15) is 0 Å². The third kappa shape index (κ3) is 3.17. The summed E-state index contributed by atoms with van der Waals surface area (Å²) in [6, 6.07) is 3.32. The zero-order valence-corrected chi connectivity index (χ0v) is 7.94. The first kappa shape index (κ1) is 11.4. The molecule has 0 aromatic heterocycles. The van der Waals surface area contributed by atoms with E-state index in [0.717, 1.165) is 12.1 Å². The van der Waals surface area contributed by atoms with Gasteiger partial charge in [0.2, 0.25) is 0 Å². The topological polar surface area (TPSA) is 75.4 Å². The first-order chi connectivity index (χ1) is 7.15. The van der Waals surface area contributed by atoms with E-state index >= 15 is 0 Å². The molecule has 0 unspecified atom stereocenters. The standard InChI is InChI=1S/C9H11FN2O3/c10-7-2-3-8(11-4-1-5-13)9(6-7)12(14)15/h2-3,6,11,13H,1,4-5H2. The second-order valence-corrected chi connectivity index (χ2v) is 2.92. The molecule has 0 saturated heterocycles. The van der Waals surface area contributed by atoms with Gasteiger partial charge in [-0.3, -0.25) is 10.1 Å². The summed E-state index contributed by atoms with van der Waals surface area (Å²) >= 11 is 0. The molecule has 0 heterocycles. The van der Waals surface area contributed by atoms with Crippen LogP contribution in [0.5, 0.6) is 0 Å². The Hall–Kier alpha value is -1.69. The van der Waals surface area contributed by atoms with Crippen molar-refractivity contribution in [1.82, 2.24) is 0 Å². The van der Waals surface area contributed by atoms with Crippen LogP contribution >= 0.6 is 0 Å². The second kappa shape index (κ2) is 5.26. The van der Waals surface area contributed by atoms with Gasteiger partial charge < -0.3 is 10.4 Å². The normalized spacial score (nSPS) is 10.0. The number of aliphatic hydroxyl groups is 1. The summed E-state index contributed by atoms with van der Waals surface area (Å²) in [7, 11) is 0. The lowest BCUT2D eigenvalue weighted by Crippen LogP contribution is -2.05. The van der Waals surface area contributed by atoms with Gasteiger partial charge in [0.25, 0.3) is 5.69 Å². The summed E-state index contributed by atoms with van der Waals surface area (Å²) in [6.45, 7) is 0.408. The highest BCUT2D eigenvalue weighted by molar-refractivity contribution is 5.61. The Balaban J connectivity index is 2.81. The number of halogens is 1. The van der Waals surface area contributed by atoms with Crippen molar-refractivity contribution in [2.75, 3.05) is 18.5 Å². The molecule has 0 saturated carbocycles. The van der Waals surface area contributed by atoms with Gasteiger partial charge in [0, 0.05) is 13.2 Å².